The molecule has 1 N–H and O–H groups in total. The number of benzene rings is 1. The van der Waals surface area contributed by atoms with Crippen molar-refractivity contribution in [3.63, 3.8) is 0 Å². The third kappa shape index (κ3) is 1.44. The zero-order chi connectivity index (χ0) is 10.1. The van der Waals surface area contributed by atoms with Crippen LogP contribution in [0.4, 0.5) is 0 Å². The van der Waals surface area contributed by atoms with Gasteiger partial charge in [0.1, 0.15) is 5.69 Å². The monoisotopic (exact) mass is 187 g/mol. The molecular weight excluding hydrogens is 178 g/mol. The van der Waals surface area contributed by atoms with Crippen LogP contribution in [0.1, 0.15) is 16.1 Å². The molecule has 1 heterocycles. The molecule has 0 amide bonds. The molecule has 1 aromatic heterocycles. The van der Waals surface area contributed by atoms with Crippen molar-refractivity contribution in [3.05, 3.63) is 41.7 Å². The standard InChI is InChI=1S/C11H9NO2/c1-7-2-3-8-6-12-10(11(13)14)5-9(8)4-7/h2-6H,1H3,(H,13,14). The van der Waals surface area contributed by atoms with Gasteiger partial charge in [0, 0.05) is 11.6 Å². The lowest BCUT2D eigenvalue weighted by molar-refractivity contribution is 0.0691. The molecule has 0 aliphatic carbocycles. The van der Waals surface area contributed by atoms with Crippen molar-refractivity contribution in [2.45, 2.75) is 6.92 Å². The average molecular weight is 187 g/mol. The number of hydrogen-bond acceptors (Lipinski definition) is 2. The molecule has 0 bridgehead atoms. The van der Waals surface area contributed by atoms with Gasteiger partial charge in [-0.2, -0.15) is 0 Å². The lowest BCUT2D eigenvalue weighted by Gasteiger charge is -1.99. The number of hydrogen-bond donors (Lipinski definition) is 1. The molecule has 0 saturated heterocycles. The van der Waals surface area contributed by atoms with Crippen molar-refractivity contribution in [1.29, 1.82) is 0 Å². The Balaban J connectivity index is 2.69. The van der Waals surface area contributed by atoms with Crippen LogP contribution >= 0.6 is 0 Å². The van der Waals surface area contributed by atoms with E-state index in [0.29, 0.717) is 0 Å². The van der Waals surface area contributed by atoms with Crippen LogP contribution in [0.3, 0.4) is 0 Å². The summed E-state index contributed by atoms with van der Waals surface area (Å²) in [6.07, 6.45) is 1.58. The highest BCUT2D eigenvalue weighted by molar-refractivity contribution is 5.92. The maximum absolute atomic E-state index is 10.7. The first-order valence-electron chi connectivity index (χ1n) is 4.26. The number of carboxylic acids is 1. The molecular formula is C11H9NO2. The van der Waals surface area contributed by atoms with Gasteiger partial charge in [0.25, 0.3) is 0 Å². The third-order valence-electron chi connectivity index (χ3n) is 2.10. The minimum absolute atomic E-state index is 0.0862. The summed E-state index contributed by atoms with van der Waals surface area (Å²) in [5.41, 5.74) is 1.20. The number of pyridine rings is 1. The zero-order valence-electron chi connectivity index (χ0n) is 7.69. The van der Waals surface area contributed by atoms with Gasteiger partial charge in [-0.1, -0.05) is 23.8 Å². The number of fused-ring (bicyclic) bond motifs is 1. The molecule has 1 aromatic carbocycles. The summed E-state index contributed by atoms with van der Waals surface area (Å²) in [7, 11) is 0. The summed E-state index contributed by atoms with van der Waals surface area (Å²) in [6, 6.07) is 7.45. The molecule has 70 valence electrons. The lowest BCUT2D eigenvalue weighted by Crippen LogP contribution is -1.99. The highest BCUT2D eigenvalue weighted by Crippen LogP contribution is 2.15. The fourth-order valence-corrected chi connectivity index (χ4v) is 1.38. The van der Waals surface area contributed by atoms with Crippen molar-refractivity contribution in [2.24, 2.45) is 0 Å². The Morgan fingerprint density at radius 3 is 2.79 bits per heavy atom. The van der Waals surface area contributed by atoms with E-state index in [-0.39, 0.29) is 5.69 Å². The molecule has 2 rings (SSSR count). The normalized spacial score (nSPS) is 10.4. The summed E-state index contributed by atoms with van der Waals surface area (Å²) >= 11 is 0. The second-order valence-electron chi connectivity index (χ2n) is 3.23. The Kier molecular flexibility index (Phi) is 1.93. The topological polar surface area (TPSA) is 50.2 Å². The predicted molar refractivity (Wildman–Crippen MR) is 53.4 cm³/mol. The average Bonchev–Trinajstić information content (AvgIpc) is 2.16. The Bertz CT molecular complexity index is 506. The summed E-state index contributed by atoms with van der Waals surface area (Å²) in [5, 5.41) is 10.6. The van der Waals surface area contributed by atoms with Crippen LogP contribution in [-0.4, -0.2) is 16.1 Å². The quantitative estimate of drug-likeness (QED) is 0.744. The van der Waals surface area contributed by atoms with Crippen LogP contribution in [0.25, 0.3) is 10.8 Å². The molecule has 0 atom stereocenters. The minimum Gasteiger partial charge on any atom is -0.477 e. The molecule has 3 heteroatoms. The van der Waals surface area contributed by atoms with E-state index in [0.717, 1.165) is 16.3 Å². The van der Waals surface area contributed by atoms with Gasteiger partial charge in [0.05, 0.1) is 0 Å². The summed E-state index contributed by atoms with van der Waals surface area (Å²) in [6.45, 7) is 1.97. The fourth-order valence-electron chi connectivity index (χ4n) is 1.38. The molecule has 0 saturated carbocycles. The smallest absolute Gasteiger partial charge is 0.354 e. The van der Waals surface area contributed by atoms with Gasteiger partial charge in [-0.05, 0) is 18.4 Å². The first-order valence-corrected chi connectivity index (χ1v) is 4.26. The Labute approximate surface area is 81.0 Å². The van der Waals surface area contributed by atoms with Crippen LogP contribution in [0.15, 0.2) is 30.5 Å². The van der Waals surface area contributed by atoms with E-state index in [9.17, 15) is 4.79 Å². The van der Waals surface area contributed by atoms with E-state index < -0.39 is 5.97 Å². The first kappa shape index (κ1) is 8.69. The number of aryl methyl sites for hydroxylation is 1. The lowest BCUT2D eigenvalue weighted by atomic mass is 10.1. The van der Waals surface area contributed by atoms with Gasteiger partial charge in [0.2, 0.25) is 0 Å². The second kappa shape index (κ2) is 3.10. The highest BCUT2D eigenvalue weighted by atomic mass is 16.4. The van der Waals surface area contributed by atoms with Gasteiger partial charge >= 0.3 is 5.97 Å². The summed E-state index contributed by atoms with van der Waals surface area (Å²) < 4.78 is 0. The highest BCUT2D eigenvalue weighted by Gasteiger charge is 2.04. The van der Waals surface area contributed by atoms with Crippen LogP contribution in [0.2, 0.25) is 0 Å². The van der Waals surface area contributed by atoms with Crippen LogP contribution in [0.5, 0.6) is 0 Å². The Morgan fingerprint density at radius 2 is 2.07 bits per heavy atom. The van der Waals surface area contributed by atoms with E-state index in [1.807, 2.05) is 25.1 Å². The maximum atomic E-state index is 10.7. The summed E-state index contributed by atoms with van der Waals surface area (Å²) in [4.78, 5) is 14.5. The fraction of sp³-hybridized carbons (Fsp3) is 0.0909. The van der Waals surface area contributed by atoms with Gasteiger partial charge in [-0.25, -0.2) is 9.78 Å². The van der Waals surface area contributed by atoms with Crippen molar-refractivity contribution in [3.8, 4) is 0 Å². The molecule has 0 spiro atoms. The van der Waals surface area contributed by atoms with Crippen LogP contribution in [0, 0.1) is 6.92 Å². The minimum atomic E-state index is -0.992. The molecule has 0 fully saturated rings. The first-order chi connectivity index (χ1) is 6.66. The maximum Gasteiger partial charge on any atom is 0.354 e. The SMILES string of the molecule is Cc1ccc2cnc(C(=O)O)cc2c1. The van der Waals surface area contributed by atoms with Crippen molar-refractivity contribution in [1.82, 2.24) is 4.98 Å². The summed E-state index contributed by atoms with van der Waals surface area (Å²) in [5.74, 6) is -0.992. The number of nitrogens with zero attached hydrogens (tertiary/aromatic N) is 1. The number of carboxylic acid groups (broad SMARTS) is 1. The largest absolute Gasteiger partial charge is 0.477 e. The predicted octanol–water partition coefficient (Wildman–Crippen LogP) is 2.24. The van der Waals surface area contributed by atoms with E-state index in [2.05, 4.69) is 4.98 Å². The van der Waals surface area contributed by atoms with Crippen molar-refractivity contribution < 1.29 is 9.90 Å². The second-order valence-corrected chi connectivity index (χ2v) is 3.23. The van der Waals surface area contributed by atoms with Crippen molar-refractivity contribution >= 4 is 16.7 Å². The third-order valence-corrected chi connectivity index (χ3v) is 2.10. The van der Waals surface area contributed by atoms with Crippen LogP contribution < -0.4 is 0 Å². The zero-order valence-corrected chi connectivity index (χ0v) is 7.69. The Morgan fingerprint density at radius 1 is 1.29 bits per heavy atom. The van der Waals surface area contributed by atoms with Crippen molar-refractivity contribution in [2.75, 3.05) is 0 Å². The van der Waals surface area contributed by atoms with Gasteiger partial charge in [-0.3, -0.25) is 0 Å². The van der Waals surface area contributed by atoms with E-state index in [1.54, 1.807) is 12.3 Å². The number of carbonyl (C=O) groups is 1. The number of aromatic nitrogens is 1. The van der Waals surface area contributed by atoms with Gasteiger partial charge in [0.15, 0.2) is 0 Å². The number of rotatable bonds is 1. The number of aromatic carboxylic acids is 1. The molecule has 0 aliphatic rings. The van der Waals surface area contributed by atoms with E-state index in [4.69, 9.17) is 5.11 Å². The molecule has 14 heavy (non-hydrogen) atoms. The molecule has 0 radical (unpaired) electrons. The van der Waals surface area contributed by atoms with E-state index >= 15 is 0 Å². The molecule has 0 unspecified atom stereocenters. The molecule has 2 aromatic rings. The molecule has 3 nitrogen and oxygen atoms in total. The van der Waals surface area contributed by atoms with Crippen LogP contribution in [-0.2, 0) is 0 Å². The van der Waals surface area contributed by atoms with Gasteiger partial charge < -0.3 is 5.11 Å². The van der Waals surface area contributed by atoms with Gasteiger partial charge in [-0.15, -0.1) is 0 Å². The molecule has 0 aliphatic heterocycles. The van der Waals surface area contributed by atoms with E-state index in [1.165, 1.54) is 0 Å². The Hall–Kier alpha value is -1.90.